The van der Waals surface area contributed by atoms with Gasteiger partial charge in [0.1, 0.15) is 24.0 Å². The van der Waals surface area contributed by atoms with Crippen LogP contribution >= 0.6 is 0 Å². The Kier molecular flexibility index (Phi) is 13.3. The number of benzene rings is 8. The van der Waals surface area contributed by atoms with Gasteiger partial charge in [0.05, 0.1) is 22.4 Å². The Bertz CT molecular complexity index is 3850. The molecule has 0 saturated heterocycles. The molecule has 406 valence electrons. The van der Waals surface area contributed by atoms with Gasteiger partial charge in [0, 0.05) is 56.7 Å². The molecule has 0 bridgehead atoms. The molecule has 5 nitrogen and oxygen atoms in total. The molecule has 0 amide bonds. The summed E-state index contributed by atoms with van der Waals surface area (Å²) < 4.78 is 9.79. The maximum Gasteiger partial charge on any atom is 0.137 e. The number of nitrogens with zero attached hydrogens (tertiary/aromatic N) is 4. The average Bonchev–Trinajstić information content (AvgIpc) is 3.99. The second-order valence-corrected chi connectivity index (χ2v) is 27.1. The van der Waals surface area contributed by atoms with E-state index in [4.69, 9.17) is 9.72 Å². The van der Waals surface area contributed by atoms with E-state index in [9.17, 15) is 0 Å². The van der Waals surface area contributed by atoms with Crippen molar-refractivity contribution in [3.05, 3.63) is 250 Å². The zero-order valence-electron chi connectivity index (χ0n) is 50.0. The van der Waals surface area contributed by atoms with Crippen LogP contribution in [-0.4, -0.2) is 16.2 Å². The van der Waals surface area contributed by atoms with Crippen LogP contribution in [0, 0.1) is 0 Å². The molecule has 0 radical (unpaired) electrons. The van der Waals surface area contributed by atoms with Crippen LogP contribution in [0.25, 0.3) is 27.6 Å². The first-order valence-electron chi connectivity index (χ1n) is 28.7. The Morgan fingerprint density at radius 3 is 1.38 bits per heavy atom. The van der Waals surface area contributed by atoms with Gasteiger partial charge in [0.25, 0.3) is 0 Å². The molecule has 0 atom stereocenters. The zero-order valence-corrected chi connectivity index (χ0v) is 50.0. The predicted molar refractivity (Wildman–Crippen MR) is 339 cm³/mol. The van der Waals surface area contributed by atoms with Gasteiger partial charge in [-0.2, -0.15) is 0 Å². The zero-order chi connectivity index (χ0) is 56.7. The van der Waals surface area contributed by atoms with Gasteiger partial charge in [-0.25, -0.2) is 4.98 Å². The Labute approximate surface area is 476 Å². The van der Waals surface area contributed by atoms with Crippen molar-refractivity contribution < 1.29 is 4.74 Å². The van der Waals surface area contributed by atoms with E-state index in [1.54, 1.807) is 0 Å². The maximum atomic E-state index is 7.45. The van der Waals surface area contributed by atoms with E-state index >= 15 is 0 Å². The molecule has 11 rings (SSSR count). The highest BCUT2D eigenvalue weighted by Gasteiger charge is 2.36. The van der Waals surface area contributed by atoms with Crippen LogP contribution in [0.3, 0.4) is 0 Å². The standard InChI is InChI=1S/C75H80N4O/c1-70(2,3)53-35-36-65-66(44-53)78(49-77(65)58-40-55(73(10,11)50-27-19-16-20-28-50)39-56(41-58)74(12,13)51-29-21-17-22-30-51)59-42-57(75(14,15)52-31-23-18-24-32-52)43-60(46-59)80-61-47-63(72(7,8)9)69-62-33-25-26-34-64(62)79(67(69)48-61)68-45-54(37-38-76-68)71(4,5)6/h16-48H,49H2,1-15H3. The predicted octanol–water partition coefficient (Wildman–Crippen LogP) is 20.1. The SMILES string of the molecule is CC(C)(C)c1ccnc(-n2c3ccccc3c3c(C(C)(C)C)cc(Oc4cc(N5CN(c6cc(C(C)(C)c7ccccc7)cc(C(C)(C)c7ccccc7)c6)c6ccc(C(C)(C)C)cc65)cc(C(C)(C)c5ccccc5)c4)cc32)c1. The fraction of sp³-hybridized carbons (Fsp3) is 0.293. The molecule has 1 aliphatic heterocycles. The molecule has 0 saturated carbocycles. The molecular formula is C75H80N4O. The van der Waals surface area contributed by atoms with Crippen molar-refractivity contribution in [3.8, 4) is 17.3 Å². The van der Waals surface area contributed by atoms with E-state index in [1.807, 2.05) is 6.20 Å². The molecular weight excluding hydrogens is 973 g/mol. The third-order valence-corrected chi connectivity index (χ3v) is 17.4. The molecule has 0 spiro atoms. The van der Waals surface area contributed by atoms with Crippen molar-refractivity contribution in [3.63, 3.8) is 0 Å². The smallest absolute Gasteiger partial charge is 0.137 e. The summed E-state index contributed by atoms with van der Waals surface area (Å²) >= 11 is 0. The molecule has 80 heavy (non-hydrogen) atoms. The first kappa shape index (κ1) is 54.1. The van der Waals surface area contributed by atoms with Gasteiger partial charge in [-0.05, 0) is 127 Å². The van der Waals surface area contributed by atoms with Crippen molar-refractivity contribution >= 4 is 44.6 Å². The number of rotatable bonds is 11. The van der Waals surface area contributed by atoms with Crippen molar-refractivity contribution in [2.45, 2.75) is 136 Å². The second-order valence-electron chi connectivity index (χ2n) is 27.1. The molecule has 0 unspecified atom stereocenters. The molecule has 0 fully saturated rings. The number of fused-ring (bicyclic) bond motifs is 4. The number of hydrogen-bond donors (Lipinski definition) is 0. The molecule has 1 aliphatic rings. The van der Waals surface area contributed by atoms with Crippen LogP contribution in [0.4, 0.5) is 22.7 Å². The summed E-state index contributed by atoms with van der Waals surface area (Å²) in [5.74, 6) is 2.46. The minimum Gasteiger partial charge on any atom is -0.457 e. The summed E-state index contributed by atoms with van der Waals surface area (Å²) in [7, 11) is 0. The fourth-order valence-corrected chi connectivity index (χ4v) is 12.0. The average molecular weight is 1050 g/mol. The van der Waals surface area contributed by atoms with E-state index in [2.05, 4.69) is 312 Å². The summed E-state index contributed by atoms with van der Waals surface area (Å²) in [6.07, 6.45) is 1.96. The van der Waals surface area contributed by atoms with Crippen molar-refractivity contribution in [2.75, 3.05) is 16.5 Å². The Morgan fingerprint density at radius 2 is 0.838 bits per heavy atom. The van der Waals surface area contributed by atoms with Crippen LogP contribution in [-0.2, 0) is 32.5 Å². The molecule has 3 heterocycles. The summed E-state index contributed by atoms with van der Waals surface area (Å²) in [6, 6.07) is 72.0. The molecule has 2 aromatic heterocycles. The number of aromatic nitrogens is 2. The maximum absolute atomic E-state index is 7.45. The van der Waals surface area contributed by atoms with E-state index < -0.39 is 0 Å². The Morgan fingerprint density at radius 1 is 0.362 bits per heavy atom. The van der Waals surface area contributed by atoms with Crippen LogP contribution in [0.1, 0.15) is 154 Å². The largest absolute Gasteiger partial charge is 0.457 e. The minimum atomic E-state index is -0.378. The lowest BCUT2D eigenvalue weighted by atomic mass is 9.73. The molecule has 0 aliphatic carbocycles. The highest BCUT2D eigenvalue weighted by molar-refractivity contribution is 6.11. The topological polar surface area (TPSA) is 33.5 Å². The fourth-order valence-electron chi connectivity index (χ4n) is 12.0. The number of para-hydroxylation sites is 1. The molecule has 0 N–H and O–H groups in total. The lowest BCUT2D eigenvalue weighted by Gasteiger charge is -2.33. The number of hydrogen-bond acceptors (Lipinski definition) is 4. The highest BCUT2D eigenvalue weighted by atomic mass is 16.5. The molecule has 8 aromatic carbocycles. The molecule has 10 aromatic rings. The number of pyridine rings is 1. The summed E-state index contributed by atoms with van der Waals surface area (Å²) in [5.41, 5.74) is 16.7. The van der Waals surface area contributed by atoms with E-state index in [-0.39, 0.29) is 32.5 Å². The quantitative estimate of drug-likeness (QED) is 0.129. The Balaban J connectivity index is 1.11. The Hall–Kier alpha value is -7.89. The van der Waals surface area contributed by atoms with Gasteiger partial charge in [-0.1, -0.05) is 225 Å². The van der Waals surface area contributed by atoms with Crippen molar-refractivity contribution in [1.29, 1.82) is 0 Å². The van der Waals surface area contributed by atoms with E-state index in [0.717, 1.165) is 45.3 Å². The normalized spacial score (nSPS) is 13.6. The van der Waals surface area contributed by atoms with Crippen LogP contribution in [0.5, 0.6) is 11.5 Å². The third-order valence-electron chi connectivity index (χ3n) is 17.4. The van der Waals surface area contributed by atoms with Crippen LogP contribution in [0.2, 0.25) is 0 Å². The summed E-state index contributed by atoms with van der Waals surface area (Å²) in [5, 5.41) is 2.42. The minimum absolute atomic E-state index is 0.0513. The van der Waals surface area contributed by atoms with Gasteiger partial charge < -0.3 is 14.5 Å². The first-order chi connectivity index (χ1) is 37.8. The second kappa shape index (κ2) is 19.7. The monoisotopic (exact) mass is 1050 g/mol. The first-order valence-corrected chi connectivity index (χ1v) is 28.7. The highest BCUT2D eigenvalue weighted by Crippen LogP contribution is 2.51. The van der Waals surface area contributed by atoms with E-state index in [1.165, 1.54) is 66.7 Å². The summed E-state index contributed by atoms with van der Waals surface area (Å²) in [4.78, 5) is 10.1. The van der Waals surface area contributed by atoms with Crippen molar-refractivity contribution in [1.82, 2.24) is 9.55 Å². The molecule has 5 heteroatoms. The van der Waals surface area contributed by atoms with Crippen LogP contribution < -0.4 is 14.5 Å². The van der Waals surface area contributed by atoms with Gasteiger partial charge in [0.15, 0.2) is 0 Å². The third kappa shape index (κ3) is 9.88. The lowest BCUT2D eigenvalue weighted by Crippen LogP contribution is -2.27. The van der Waals surface area contributed by atoms with Gasteiger partial charge in [0.2, 0.25) is 0 Å². The number of ether oxygens (including phenoxy) is 1. The van der Waals surface area contributed by atoms with Gasteiger partial charge >= 0.3 is 0 Å². The van der Waals surface area contributed by atoms with Crippen molar-refractivity contribution in [2.24, 2.45) is 0 Å². The van der Waals surface area contributed by atoms with Crippen LogP contribution in [0.15, 0.2) is 200 Å². The summed E-state index contributed by atoms with van der Waals surface area (Å²) in [6.45, 7) is 35.4. The van der Waals surface area contributed by atoms with Gasteiger partial charge in [-0.3, -0.25) is 4.57 Å². The lowest BCUT2D eigenvalue weighted by molar-refractivity contribution is 0.477. The van der Waals surface area contributed by atoms with E-state index in [0.29, 0.717) is 6.67 Å². The van der Waals surface area contributed by atoms with Gasteiger partial charge in [-0.15, -0.1) is 0 Å². The number of anilines is 4.